The summed E-state index contributed by atoms with van der Waals surface area (Å²) in [6.45, 7) is 0. The minimum Gasteiger partial charge on any atom is -0.298 e. The van der Waals surface area contributed by atoms with Crippen LogP contribution in [0.25, 0.3) is 0 Å². The predicted molar refractivity (Wildman–Crippen MR) is 57.4 cm³/mol. The summed E-state index contributed by atoms with van der Waals surface area (Å²) >= 11 is 3.45. The van der Waals surface area contributed by atoms with Crippen molar-refractivity contribution < 1.29 is 17.8 Å². The molecule has 0 spiro atoms. The van der Waals surface area contributed by atoms with Crippen LogP contribution in [0.4, 0.5) is 10.5 Å². The maximum absolute atomic E-state index is 10.7. The second-order valence-electron chi connectivity index (χ2n) is 2.55. The number of hydrogen-bond acceptors (Lipinski definition) is 4. The summed E-state index contributed by atoms with van der Waals surface area (Å²) in [7, 11) is -4.18. The minimum atomic E-state index is -4.18. The predicted octanol–water partition coefficient (Wildman–Crippen LogP) is 0.900. The van der Waals surface area contributed by atoms with Gasteiger partial charge in [-0.25, -0.2) is 0 Å². The molecule has 6 nitrogen and oxygen atoms in total. The SMILES string of the molecule is O=C(S)NNc1ccc(S(=O)(=O)O)cc1. The van der Waals surface area contributed by atoms with Crippen LogP contribution in [0.5, 0.6) is 0 Å². The highest BCUT2D eigenvalue weighted by atomic mass is 32.2. The van der Waals surface area contributed by atoms with Crippen LogP contribution in [0.15, 0.2) is 29.2 Å². The Hall–Kier alpha value is -1.25. The zero-order valence-electron chi connectivity index (χ0n) is 7.34. The molecule has 0 aliphatic carbocycles. The second kappa shape index (κ2) is 4.51. The Kier molecular flexibility index (Phi) is 3.56. The normalized spacial score (nSPS) is 10.8. The number of benzene rings is 1. The largest absolute Gasteiger partial charge is 0.298 e. The van der Waals surface area contributed by atoms with Crippen molar-refractivity contribution in [2.24, 2.45) is 0 Å². The van der Waals surface area contributed by atoms with E-state index in [9.17, 15) is 13.2 Å². The lowest BCUT2D eigenvalue weighted by Gasteiger charge is -2.05. The molecule has 82 valence electrons. The molecule has 0 unspecified atom stereocenters. The lowest BCUT2D eigenvalue weighted by Crippen LogP contribution is -2.23. The monoisotopic (exact) mass is 248 g/mol. The van der Waals surface area contributed by atoms with Gasteiger partial charge in [-0.1, -0.05) is 12.6 Å². The summed E-state index contributed by atoms with van der Waals surface area (Å²) in [4.78, 5) is 10.2. The van der Waals surface area contributed by atoms with E-state index in [0.29, 0.717) is 5.69 Å². The highest BCUT2D eigenvalue weighted by molar-refractivity contribution is 7.96. The number of carbonyl (C=O) groups excluding carboxylic acids is 1. The average Bonchev–Trinajstić information content (AvgIpc) is 2.14. The molecule has 0 bridgehead atoms. The van der Waals surface area contributed by atoms with Crippen molar-refractivity contribution >= 4 is 33.7 Å². The highest BCUT2D eigenvalue weighted by Crippen LogP contribution is 2.12. The van der Waals surface area contributed by atoms with E-state index in [0.717, 1.165) is 0 Å². The van der Waals surface area contributed by atoms with E-state index >= 15 is 0 Å². The van der Waals surface area contributed by atoms with E-state index in [-0.39, 0.29) is 4.90 Å². The molecule has 3 N–H and O–H groups in total. The highest BCUT2D eigenvalue weighted by Gasteiger charge is 2.07. The van der Waals surface area contributed by atoms with Gasteiger partial charge in [0, 0.05) is 0 Å². The molecule has 0 aliphatic heterocycles. The Morgan fingerprint density at radius 1 is 1.27 bits per heavy atom. The maximum atomic E-state index is 10.7. The van der Waals surface area contributed by atoms with Crippen molar-refractivity contribution in [2.45, 2.75) is 4.90 Å². The Bertz CT molecular complexity index is 454. The maximum Gasteiger partial charge on any atom is 0.294 e. The van der Waals surface area contributed by atoms with Crippen molar-refractivity contribution in [3.63, 3.8) is 0 Å². The van der Waals surface area contributed by atoms with E-state index in [2.05, 4.69) is 23.5 Å². The molecule has 0 saturated carbocycles. The second-order valence-corrected chi connectivity index (χ2v) is 4.38. The van der Waals surface area contributed by atoms with Gasteiger partial charge in [-0.2, -0.15) is 8.42 Å². The molecule has 1 amide bonds. The van der Waals surface area contributed by atoms with Crippen LogP contribution in [0.1, 0.15) is 0 Å². The molecular weight excluding hydrogens is 240 g/mol. The first-order valence-corrected chi connectivity index (χ1v) is 5.61. The lowest BCUT2D eigenvalue weighted by atomic mass is 10.3. The number of nitrogens with one attached hydrogen (secondary N) is 2. The van der Waals surface area contributed by atoms with Crippen LogP contribution in [-0.2, 0) is 10.1 Å². The van der Waals surface area contributed by atoms with Gasteiger partial charge in [-0.05, 0) is 24.3 Å². The summed E-state index contributed by atoms with van der Waals surface area (Å²) < 4.78 is 30.0. The first-order chi connectivity index (χ1) is 6.89. The zero-order valence-corrected chi connectivity index (χ0v) is 9.05. The van der Waals surface area contributed by atoms with Crippen LogP contribution >= 0.6 is 12.6 Å². The van der Waals surface area contributed by atoms with Crippen LogP contribution < -0.4 is 10.9 Å². The quantitative estimate of drug-likeness (QED) is 0.362. The molecule has 1 aromatic rings. The third kappa shape index (κ3) is 3.78. The van der Waals surface area contributed by atoms with Crippen LogP contribution in [0.2, 0.25) is 0 Å². The Morgan fingerprint density at radius 2 is 1.80 bits per heavy atom. The summed E-state index contributed by atoms with van der Waals surface area (Å²) in [6.07, 6.45) is 0. The Labute approximate surface area is 91.8 Å². The summed E-state index contributed by atoms with van der Waals surface area (Å²) in [5.41, 5.74) is 5.12. The molecule has 0 saturated heterocycles. The number of rotatable bonds is 3. The average molecular weight is 248 g/mol. The van der Waals surface area contributed by atoms with Gasteiger partial charge < -0.3 is 0 Å². The number of hydrazine groups is 1. The Morgan fingerprint density at radius 3 is 2.20 bits per heavy atom. The van der Waals surface area contributed by atoms with Crippen molar-refractivity contribution in [3.05, 3.63) is 24.3 Å². The first kappa shape index (κ1) is 11.8. The van der Waals surface area contributed by atoms with E-state index in [4.69, 9.17) is 4.55 Å². The Balaban J connectivity index is 2.77. The van der Waals surface area contributed by atoms with Gasteiger partial charge in [0.2, 0.25) is 0 Å². The van der Waals surface area contributed by atoms with Gasteiger partial charge in [0.1, 0.15) is 0 Å². The lowest BCUT2D eigenvalue weighted by molar-refractivity contribution is 0.262. The standard InChI is InChI=1S/C7H8N2O4S2/c10-7(14)9-8-5-1-3-6(4-2-5)15(11,12)13/h1-4,8H,(H2,9,10,14)(H,11,12,13). The third-order valence-corrected chi connectivity index (χ3v) is 2.45. The van der Waals surface area contributed by atoms with Gasteiger partial charge in [-0.15, -0.1) is 0 Å². The molecule has 1 aromatic carbocycles. The van der Waals surface area contributed by atoms with E-state index in [1.165, 1.54) is 24.3 Å². The zero-order chi connectivity index (χ0) is 11.5. The number of amides is 1. The number of carbonyl (C=O) groups is 1. The minimum absolute atomic E-state index is 0.217. The molecule has 0 heterocycles. The first-order valence-electron chi connectivity index (χ1n) is 3.72. The molecular formula is C7H8N2O4S2. The van der Waals surface area contributed by atoms with Gasteiger partial charge in [0.05, 0.1) is 10.6 Å². The number of thiol groups is 1. The smallest absolute Gasteiger partial charge is 0.294 e. The number of hydrogen-bond donors (Lipinski definition) is 4. The molecule has 0 aliphatic rings. The van der Waals surface area contributed by atoms with E-state index in [1.807, 2.05) is 0 Å². The van der Waals surface area contributed by atoms with Gasteiger partial charge in [-0.3, -0.25) is 20.2 Å². The van der Waals surface area contributed by atoms with Gasteiger partial charge in [0.25, 0.3) is 15.4 Å². The third-order valence-electron chi connectivity index (χ3n) is 1.47. The van der Waals surface area contributed by atoms with Crippen LogP contribution in [0, 0.1) is 0 Å². The topological polar surface area (TPSA) is 95.5 Å². The molecule has 0 radical (unpaired) electrons. The van der Waals surface area contributed by atoms with Crippen LogP contribution in [-0.4, -0.2) is 18.2 Å². The molecule has 8 heteroatoms. The fourth-order valence-corrected chi connectivity index (χ4v) is 1.37. The molecule has 0 aromatic heterocycles. The van der Waals surface area contributed by atoms with Crippen molar-refractivity contribution in [1.29, 1.82) is 0 Å². The van der Waals surface area contributed by atoms with Gasteiger partial charge >= 0.3 is 0 Å². The molecule has 0 fully saturated rings. The number of anilines is 1. The summed E-state index contributed by atoms with van der Waals surface area (Å²) in [6, 6.07) is 5.16. The fourth-order valence-electron chi connectivity index (χ4n) is 0.836. The fraction of sp³-hybridized carbons (Fsp3) is 0. The van der Waals surface area contributed by atoms with E-state index < -0.39 is 15.4 Å². The molecule has 1 rings (SSSR count). The van der Waals surface area contributed by atoms with Gasteiger partial charge in [0.15, 0.2) is 0 Å². The summed E-state index contributed by atoms with van der Waals surface area (Å²) in [5.74, 6) is 0. The molecule has 15 heavy (non-hydrogen) atoms. The van der Waals surface area contributed by atoms with Crippen molar-refractivity contribution in [2.75, 3.05) is 5.43 Å². The van der Waals surface area contributed by atoms with Crippen molar-refractivity contribution in [3.8, 4) is 0 Å². The van der Waals surface area contributed by atoms with Crippen LogP contribution in [0.3, 0.4) is 0 Å². The molecule has 0 atom stereocenters. The van der Waals surface area contributed by atoms with Crippen molar-refractivity contribution in [1.82, 2.24) is 5.43 Å². The van der Waals surface area contributed by atoms with E-state index in [1.54, 1.807) is 0 Å². The summed E-state index contributed by atoms with van der Waals surface area (Å²) in [5, 5.41) is -0.575.